The summed E-state index contributed by atoms with van der Waals surface area (Å²) in [5.74, 6) is 2.30. The first-order chi connectivity index (χ1) is 15.8. The van der Waals surface area contributed by atoms with E-state index in [9.17, 15) is 0 Å². The van der Waals surface area contributed by atoms with E-state index in [1.54, 1.807) is 0 Å². The third kappa shape index (κ3) is 4.44. The summed E-state index contributed by atoms with van der Waals surface area (Å²) in [5, 5.41) is 14.4. The molecule has 0 N–H and O–H groups in total. The number of halogens is 1. The molecular formula is C24H18ClN5OS. The van der Waals surface area contributed by atoms with E-state index in [1.807, 2.05) is 72.8 Å². The van der Waals surface area contributed by atoms with Gasteiger partial charge in [-0.2, -0.15) is 4.98 Å². The summed E-state index contributed by atoms with van der Waals surface area (Å²) in [6, 6.07) is 27.6. The Bertz CT molecular complexity index is 1320. The maximum Gasteiger partial charge on any atom is 0.237 e. The summed E-state index contributed by atoms with van der Waals surface area (Å²) in [6.45, 7) is 0.621. The number of hydrogen-bond donors (Lipinski definition) is 0. The molecule has 0 fully saturated rings. The molecule has 0 aliphatic heterocycles. The van der Waals surface area contributed by atoms with Crippen LogP contribution in [-0.4, -0.2) is 24.9 Å². The zero-order chi connectivity index (χ0) is 21.8. The van der Waals surface area contributed by atoms with Crippen molar-refractivity contribution >= 4 is 23.4 Å². The summed E-state index contributed by atoms with van der Waals surface area (Å²) in [7, 11) is 0. The maximum absolute atomic E-state index is 6.46. The Morgan fingerprint density at radius 2 is 1.56 bits per heavy atom. The summed E-state index contributed by atoms with van der Waals surface area (Å²) < 4.78 is 7.51. The van der Waals surface area contributed by atoms with E-state index in [-0.39, 0.29) is 0 Å². The van der Waals surface area contributed by atoms with Gasteiger partial charge in [0.1, 0.15) is 0 Å². The van der Waals surface area contributed by atoms with Gasteiger partial charge < -0.3 is 4.52 Å². The lowest BCUT2D eigenvalue weighted by Gasteiger charge is -2.11. The molecule has 8 heteroatoms. The van der Waals surface area contributed by atoms with E-state index < -0.39 is 0 Å². The van der Waals surface area contributed by atoms with Crippen LogP contribution in [0.3, 0.4) is 0 Å². The minimum Gasteiger partial charge on any atom is -0.338 e. The molecular weight excluding hydrogens is 442 g/mol. The molecule has 0 unspecified atom stereocenters. The predicted molar refractivity (Wildman–Crippen MR) is 125 cm³/mol. The molecule has 0 saturated carbocycles. The Balaban J connectivity index is 1.42. The van der Waals surface area contributed by atoms with Gasteiger partial charge in [-0.05, 0) is 17.7 Å². The monoisotopic (exact) mass is 459 g/mol. The van der Waals surface area contributed by atoms with Crippen molar-refractivity contribution in [1.82, 2.24) is 24.9 Å². The number of benzene rings is 3. The molecule has 2 aromatic heterocycles. The molecule has 0 atom stereocenters. The third-order valence-electron chi connectivity index (χ3n) is 4.84. The minimum absolute atomic E-state index is 0.481. The SMILES string of the molecule is Clc1ccccc1-c1nnc(SCc2nc(-c3ccccc3)no2)n1Cc1ccccc1. The van der Waals surface area contributed by atoms with Crippen molar-refractivity contribution in [1.29, 1.82) is 0 Å². The first kappa shape index (κ1) is 20.5. The molecule has 5 aromatic rings. The Labute approximate surface area is 194 Å². The van der Waals surface area contributed by atoms with Crippen LogP contribution in [0.1, 0.15) is 11.5 Å². The molecule has 0 amide bonds. The Morgan fingerprint density at radius 1 is 0.844 bits per heavy atom. The van der Waals surface area contributed by atoms with Gasteiger partial charge in [0, 0.05) is 11.1 Å². The molecule has 0 aliphatic rings. The summed E-state index contributed by atoms with van der Waals surface area (Å²) in [5.41, 5.74) is 2.90. The highest BCUT2D eigenvalue weighted by Gasteiger charge is 2.18. The van der Waals surface area contributed by atoms with Crippen molar-refractivity contribution in [2.24, 2.45) is 0 Å². The normalized spacial score (nSPS) is 11.0. The van der Waals surface area contributed by atoms with E-state index >= 15 is 0 Å². The van der Waals surface area contributed by atoms with E-state index in [2.05, 4.69) is 37.0 Å². The fourth-order valence-electron chi connectivity index (χ4n) is 3.29. The number of rotatable bonds is 7. The standard InChI is InChI=1S/C24H18ClN5OS/c25-20-14-8-7-13-19(20)23-27-28-24(30(23)15-17-9-3-1-4-10-17)32-16-21-26-22(29-31-21)18-11-5-2-6-12-18/h1-14H,15-16H2. The molecule has 0 aliphatic carbocycles. The maximum atomic E-state index is 6.46. The lowest BCUT2D eigenvalue weighted by Crippen LogP contribution is -2.04. The average Bonchev–Trinajstić information content (AvgIpc) is 3.47. The molecule has 0 radical (unpaired) electrons. The molecule has 6 nitrogen and oxygen atoms in total. The van der Waals surface area contributed by atoms with Crippen molar-refractivity contribution < 1.29 is 4.52 Å². The summed E-state index contributed by atoms with van der Waals surface area (Å²) in [6.07, 6.45) is 0. The number of hydrogen-bond acceptors (Lipinski definition) is 6. The zero-order valence-electron chi connectivity index (χ0n) is 16.9. The quantitative estimate of drug-likeness (QED) is 0.278. The van der Waals surface area contributed by atoms with Crippen molar-refractivity contribution in [2.45, 2.75) is 17.5 Å². The van der Waals surface area contributed by atoms with Crippen molar-refractivity contribution in [2.75, 3.05) is 0 Å². The van der Waals surface area contributed by atoms with Gasteiger partial charge in [0.2, 0.25) is 11.7 Å². The smallest absolute Gasteiger partial charge is 0.237 e. The zero-order valence-corrected chi connectivity index (χ0v) is 18.5. The van der Waals surface area contributed by atoms with Gasteiger partial charge in [-0.1, -0.05) is 101 Å². The van der Waals surface area contributed by atoms with Crippen LogP contribution in [0, 0.1) is 0 Å². The van der Waals surface area contributed by atoms with Crippen molar-refractivity contribution in [3.05, 3.63) is 101 Å². The molecule has 0 bridgehead atoms. The predicted octanol–water partition coefficient (Wildman–Crippen LogP) is 5.99. The van der Waals surface area contributed by atoms with Crippen molar-refractivity contribution in [3.8, 4) is 22.8 Å². The first-order valence-electron chi connectivity index (χ1n) is 10.0. The summed E-state index contributed by atoms with van der Waals surface area (Å²) in [4.78, 5) is 4.51. The van der Waals surface area contributed by atoms with Crippen LogP contribution in [0.2, 0.25) is 5.02 Å². The molecule has 0 saturated heterocycles. The second-order valence-corrected chi connectivity index (χ2v) is 8.37. The second-order valence-electron chi connectivity index (χ2n) is 7.02. The van der Waals surface area contributed by atoms with Crippen LogP contribution < -0.4 is 0 Å². The molecule has 32 heavy (non-hydrogen) atoms. The van der Waals surface area contributed by atoms with E-state index in [1.165, 1.54) is 11.8 Å². The largest absolute Gasteiger partial charge is 0.338 e. The molecule has 3 aromatic carbocycles. The van der Waals surface area contributed by atoms with Crippen LogP contribution >= 0.6 is 23.4 Å². The van der Waals surface area contributed by atoms with Crippen LogP contribution in [-0.2, 0) is 12.3 Å². The lowest BCUT2D eigenvalue weighted by molar-refractivity contribution is 0.391. The Morgan fingerprint density at radius 3 is 2.34 bits per heavy atom. The minimum atomic E-state index is 0.481. The summed E-state index contributed by atoms with van der Waals surface area (Å²) >= 11 is 7.96. The van der Waals surface area contributed by atoms with Crippen molar-refractivity contribution in [3.63, 3.8) is 0 Å². The van der Waals surface area contributed by atoms with Crippen LogP contribution in [0.4, 0.5) is 0 Å². The number of aromatic nitrogens is 5. The van der Waals surface area contributed by atoms with Crippen LogP contribution in [0.25, 0.3) is 22.8 Å². The van der Waals surface area contributed by atoms with Crippen LogP contribution in [0.15, 0.2) is 94.6 Å². The van der Waals surface area contributed by atoms with E-state index in [0.717, 1.165) is 27.7 Å². The fourth-order valence-corrected chi connectivity index (χ4v) is 4.29. The van der Waals surface area contributed by atoms with Gasteiger partial charge in [-0.25, -0.2) is 0 Å². The molecule has 0 spiro atoms. The first-order valence-corrected chi connectivity index (χ1v) is 11.4. The topological polar surface area (TPSA) is 69.6 Å². The third-order valence-corrected chi connectivity index (χ3v) is 6.12. The van der Waals surface area contributed by atoms with Gasteiger partial charge >= 0.3 is 0 Å². The van der Waals surface area contributed by atoms with Gasteiger partial charge in [0.25, 0.3) is 0 Å². The van der Waals surface area contributed by atoms with E-state index in [0.29, 0.717) is 29.0 Å². The highest BCUT2D eigenvalue weighted by molar-refractivity contribution is 7.98. The van der Waals surface area contributed by atoms with Gasteiger partial charge in [0.05, 0.1) is 17.3 Å². The average molecular weight is 460 g/mol. The van der Waals surface area contributed by atoms with Gasteiger partial charge in [-0.3, -0.25) is 4.57 Å². The molecule has 5 rings (SSSR count). The lowest BCUT2D eigenvalue weighted by atomic mass is 10.2. The molecule has 2 heterocycles. The number of nitrogens with zero attached hydrogens (tertiary/aromatic N) is 5. The number of thioether (sulfide) groups is 1. The Kier molecular flexibility index (Phi) is 6.00. The van der Waals surface area contributed by atoms with Gasteiger partial charge in [0.15, 0.2) is 11.0 Å². The van der Waals surface area contributed by atoms with Crippen LogP contribution in [0.5, 0.6) is 0 Å². The highest BCUT2D eigenvalue weighted by Crippen LogP contribution is 2.31. The Hall–Kier alpha value is -3.42. The van der Waals surface area contributed by atoms with E-state index in [4.69, 9.17) is 16.1 Å². The highest BCUT2D eigenvalue weighted by atomic mass is 35.5. The van der Waals surface area contributed by atoms with Gasteiger partial charge in [-0.15, -0.1) is 10.2 Å². The molecule has 158 valence electrons. The fraction of sp³-hybridized carbons (Fsp3) is 0.0833. The second kappa shape index (κ2) is 9.38.